The summed E-state index contributed by atoms with van der Waals surface area (Å²) in [5.41, 5.74) is 0.546. The van der Waals surface area contributed by atoms with Crippen LogP contribution in [0.15, 0.2) is 50.9 Å². The molecule has 33 heavy (non-hydrogen) atoms. The first-order chi connectivity index (χ1) is 15.8. The molecule has 0 radical (unpaired) electrons. The topological polar surface area (TPSA) is 172 Å². The molecule has 2 aromatic rings. The first-order valence-corrected chi connectivity index (χ1v) is 10.8. The van der Waals surface area contributed by atoms with Gasteiger partial charge in [-0.3, -0.25) is 28.8 Å². The Labute approximate surface area is 189 Å². The highest BCUT2D eigenvalue weighted by molar-refractivity contribution is 8.00. The van der Waals surface area contributed by atoms with Gasteiger partial charge in [0.25, 0.3) is 5.91 Å². The molecule has 4 rings (SSSR count). The Bertz CT molecular complexity index is 1200. The van der Waals surface area contributed by atoms with E-state index in [4.69, 9.17) is 4.74 Å². The number of carboxylic acid groups (broad SMARTS) is 1. The van der Waals surface area contributed by atoms with Crippen LogP contribution in [0, 0.1) is 0 Å². The first-order valence-electron chi connectivity index (χ1n) is 9.72. The van der Waals surface area contributed by atoms with Crippen LogP contribution in [0.5, 0.6) is 0 Å². The monoisotopic (exact) mass is 474 g/mol. The van der Waals surface area contributed by atoms with Crippen molar-refractivity contribution in [3.05, 3.63) is 63.5 Å². The number of carbonyl (C=O) groups excluding carboxylic acids is 3. The normalized spacial score (nSPS) is 20.5. The summed E-state index contributed by atoms with van der Waals surface area (Å²) >= 11 is 1.24. The van der Waals surface area contributed by atoms with Gasteiger partial charge in [0.2, 0.25) is 5.91 Å². The van der Waals surface area contributed by atoms with Crippen molar-refractivity contribution in [3.63, 3.8) is 0 Å². The zero-order valence-corrected chi connectivity index (χ0v) is 18.0. The fourth-order valence-electron chi connectivity index (χ4n) is 3.66. The van der Waals surface area contributed by atoms with Crippen LogP contribution in [-0.2, 0) is 23.9 Å². The number of aromatic amines is 1. The number of aliphatic carboxylic acids is 1. The number of carbonyl (C=O) groups is 4. The van der Waals surface area contributed by atoms with Crippen molar-refractivity contribution >= 4 is 35.5 Å². The smallest absolute Gasteiger partial charge is 0.438 e. The van der Waals surface area contributed by atoms with Gasteiger partial charge in [0.1, 0.15) is 29.6 Å². The maximum absolute atomic E-state index is 13.2. The zero-order valence-electron chi connectivity index (χ0n) is 17.1. The number of carboxylic acids is 1. The van der Waals surface area contributed by atoms with Crippen molar-refractivity contribution in [3.8, 4) is 0 Å². The predicted molar refractivity (Wildman–Crippen MR) is 112 cm³/mol. The molecule has 2 amide bonds. The molecule has 0 bridgehead atoms. The summed E-state index contributed by atoms with van der Waals surface area (Å²) in [5, 5.41) is 15.2. The molecular weight excluding hydrogens is 456 g/mol. The summed E-state index contributed by atoms with van der Waals surface area (Å²) in [7, 11) is 0. The summed E-state index contributed by atoms with van der Waals surface area (Å²) in [4.78, 5) is 63.8. The number of hydrogen-bond donors (Lipinski definition) is 3. The molecule has 12 nitrogen and oxygen atoms in total. The Morgan fingerprint density at radius 1 is 1.33 bits per heavy atom. The van der Waals surface area contributed by atoms with Crippen LogP contribution in [0.1, 0.15) is 24.2 Å². The molecule has 2 aliphatic heterocycles. The number of fused-ring (bicyclic) bond motifs is 1. The van der Waals surface area contributed by atoms with E-state index in [1.807, 2.05) is 0 Å². The van der Waals surface area contributed by atoms with Gasteiger partial charge in [0.05, 0.1) is 0 Å². The molecule has 0 spiro atoms. The molecule has 0 aliphatic carbocycles. The molecule has 13 heteroatoms. The number of nitrogens with zero attached hydrogens (tertiary/aromatic N) is 2. The van der Waals surface area contributed by atoms with Crippen LogP contribution >= 0.6 is 11.8 Å². The molecule has 3 N–H and O–H groups in total. The molecule has 1 aromatic carbocycles. The van der Waals surface area contributed by atoms with Crippen LogP contribution in [0.25, 0.3) is 0 Å². The maximum atomic E-state index is 13.2. The Morgan fingerprint density at radius 3 is 2.67 bits per heavy atom. The van der Waals surface area contributed by atoms with Gasteiger partial charge in [-0.25, -0.2) is 9.59 Å². The van der Waals surface area contributed by atoms with E-state index in [2.05, 4.69) is 20.0 Å². The van der Waals surface area contributed by atoms with E-state index < -0.39 is 46.8 Å². The highest BCUT2D eigenvalue weighted by Gasteiger charge is 2.54. The van der Waals surface area contributed by atoms with E-state index >= 15 is 0 Å². The quantitative estimate of drug-likeness (QED) is 0.360. The van der Waals surface area contributed by atoms with Gasteiger partial charge < -0.3 is 15.2 Å². The number of ether oxygens (including phenoxy) is 1. The van der Waals surface area contributed by atoms with Crippen LogP contribution in [0.3, 0.4) is 0 Å². The lowest BCUT2D eigenvalue weighted by Gasteiger charge is -2.49. The maximum Gasteiger partial charge on any atom is 0.438 e. The number of amides is 2. The second-order valence-corrected chi connectivity index (χ2v) is 8.36. The number of thioether (sulfide) groups is 1. The van der Waals surface area contributed by atoms with E-state index in [-0.39, 0.29) is 23.9 Å². The van der Waals surface area contributed by atoms with Crippen LogP contribution in [0.4, 0.5) is 0 Å². The Balaban J connectivity index is 1.56. The molecule has 3 atom stereocenters. The Hall–Kier alpha value is -3.87. The van der Waals surface area contributed by atoms with Crippen molar-refractivity contribution in [2.24, 2.45) is 0 Å². The number of H-pyrrole nitrogens is 1. The average molecular weight is 474 g/mol. The second kappa shape index (κ2) is 8.94. The second-order valence-electron chi connectivity index (χ2n) is 7.26. The molecule has 1 fully saturated rings. The number of β-lactam (4-membered cyclic amide) rings is 1. The first kappa shape index (κ1) is 22.3. The standard InChI is InChI=1S/C20H18N4O8S/c1-9(25)31-7-11-8-33-18-13(17(27)24(18)14(11)19(28)29)21-16(26)12(10-5-3-2-4-6-10)15-22-20(30)32-23-15/h2-6,12-13,18H,7-8H2,1H3,(H,21,26)(H,28,29)(H,22,23,30)/t12?,13-,18?/m0/s1. The van der Waals surface area contributed by atoms with Gasteiger partial charge in [-0.15, -0.1) is 11.8 Å². The number of nitrogens with one attached hydrogen (secondary N) is 2. The van der Waals surface area contributed by atoms with E-state index in [9.17, 15) is 29.1 Å². The number of esters is 1. The summed E-state index contributed by atoms with van der Waals surface area (Å²) in [6, 6.07) is 7.49. The third-order valence-corrected chi connectivity index (χ3v) is 6.46. The highest BCUT2D eigenvalue weighted by atomic mass is 32.2. The molecule has 3 heterocycles. The van der Waals surface area contributed by atoms with Gasteiger partial charge in [-0.05, 0) is 5.56 Å². The van der Waals surface area contributed by atoms with Gasteiger partial charge in [0.15, 0.2) is 5.82 Å². The summed E-state index contributed by atoms with van der Waals surface area (Å²) in [6.45, 7) is 0.957. The number of aromatic nitrogens is 2. The van der Waals surface area contributed by atoms with Crippen LogP contribution in [-0.4, -0.2) is 67.7 Å². The van der Waals surface area contributed by atoms with Crippen molar-refractivity contribution in [1.82, 2.24) is 20.4 Å². The highest BCUT2D eigenvalue weighted by Crippen LogP contribution is 2.40. The molecule has 2 aliphatic rings. The zero-order chi connectivity index (χ0) is 23.7. The lowest BCUT2D eigenvalue weighted by molar-refractivity contribution is -0.151. The summed E-state index contributed by atoms with van der Waals surface area (Å²) in [6.07, 6.45) is 0. The van der Waals surface area contributed by atoms with Gasteiger partial charge >= 0.3 is 17.7 Å². The van der Waals surface area contributed by atoms with Crippen LogP contribution in [0.2, 0.25) is 0 Å². The van der Waals surface area contributed by atoms with E-state index in [0.717, 1.165) is 4.90 Å². The lowest BCUT2D eigenvalue weighted by Crippen LogP contribution is -2.71. The predicted octanol–water partition coefficient (Wildman–Crippen LogP) is -0.203. The SMILES string of the molecule is CC(=O)OCC1=C(C(=O)O)N2C(=O)[C@H](NC(=O)C(c3ccccc3)c3noc(=O)[nH]3)C2SC1. The molecule has 2 unspecified atom stereocenters. The van der Waals surface area contributed by atoms with Crippen molar-refractivity contribution < 1.29 is 33.5 Å². The largest absolute Gasteiger partial charge is 0.477 e. The number of rotatable bonds is 7. The Morgan fingerprint density at radius 2 is 2.06 bits per heavy atom. The van der Waals surface area contributed by atoms with Crippen molar-refractivity contribution in [1.29, 1.82) is 0 Å². The van der Waals surface area contributed by atoms with E-state index in [1.54, 1.807) is 30.3 Å². The molecule has 1 aromatic heterocycles. The minimum absolute atomic E-state index is 0.0292. The van der Waals surface area contributed by atoms with E-state index in [0.29, 0.717) is 11.1 Å². The number of benzene rings is 1. The third-order valence-electron chi connectivity index (χ3n) is 5.12. The van der Waals surface area contributed by atoms with Gasteiger partial charge in [-0.2, -0.15) is 0 Å². The summed E-state index contributed by atoms with van der Waals surface area (Å²) in [5.74, 6) is -4.84. The van der Waals surface area contributed by atoms with Crippen molar-refractivity contribution in [2.75, 3.05) is 12.4 Å². The van der Waals surface area contributed by atoms with Crippen molar-refractivity contribution in [2.45, 2.75) is 24.3 Å². The third kappa shape index (κ3) is 4.26. The van der Waals surface area contributed by atoms with Gasteiger partial charge in [0, 0.05) is 18.2 Å². The molecule has 172 valence electrons. The molecular formula is C20H18N4O8S. The lowest BCUT2D eigenvalue weighted by atomic mass is 9.95. The fraction of sp³-hybridized carbons (Fsp3) is 0.300. The van der Waals surface area contributed by atoms with Gasteiger partial charge in [-0.1, -0.05) is 35.5 Å². The Kier molecular flexibility index (Phi) is 6.05. The fourth-order valence-corrected chi connectivity index (χ4v) is 4.99. The summed E-state index contributed by atoms with van der Waals surface area (Å²) < 4.78 is 9.44. The molecule has 1 saturated heterocycles. The minimum atomic E-state index is -1.33. The minimum Gasteiger partial charge on any atom is -0.477 e. The van der Waals surface area contributed by atoms with Crippen LogP contribution < -0.4 is 11.1 Å². The number of hydrogen-bond acceptors (Lipinski definition) is 9. The molecule has 0 saturated carbocycles. The van der Waals surface area contributed by atoms with E-state index in [1.165, 1.54) is 18.7 Å². The average Bonchev–Trinajstić information content (AvgIpc) is 3.21.